The molecule has 0 atom stereocenters. The van der Waals surface area contributed by atoms with Crippen molar-refractivity contribution in [2.45, 2.75) is 12.8 Å². The summed E-state index contributed by atoms with van der Waals surface area (Å²) < 4.78 is 1.73. The van der Waals surface area contributed by atoms with E-state index in [1.807, 2.05) is 38.5 Å². The third-order valence-electron chi connectivity index (χ3n) is 3.87. The number of allylic oxidation sites excluding steroid dienone is 2. The molecular formula is C18H21N5O2. The summed E-state index contributed by atoms with van der Waals surface area (Å²) in [6.07, 6.45) is 5.56. The van der Waals surface area contributed by atoms with E-state index in [0.717, 1.165) is 25.0 Å². The van der Waals surface area contributed by atoms with Gasteiger partial charge in [-0.25, -0.2) is 9.51 Å². The van der Waals surface area contributed by atoms with Crippen molar-refractivity contribution in [3.63, 3.8) is 0 Å². The van der Waals surface area contributed by atoms with E-state index in [4.69, 9.17) is 0 Å². The Balaban J connectivity index is 1.92. The normalized spacial score (nSPS) is 16.4. The Hall–Kier alpha value is -2.80. The van der Waals surface area contributed by atoms with Crippen LogP contribution in [-0.2, 0) is 9.59 Å². The van der Waals surface area contributed by atoms with Crippen molar-refractivity contribution in [1.82, 2.24) is 14.5 Å². The van der Waals surface area contributed by atoms with Crippen molar-refractivity contribution < 1.29 is 9.59 Å². The van der Waals surface area contributed by atoms with Crippen LogP contribution in [0.15, 0.2) is 41.5 Å². The van der Waals surface area contributed by atoms with Crippen LogP contribution >= 0.6 is 0 Å². The van der Waals surface area contributed by atoms with Crippen molar-refractivity contribution in [3.8, 4) is 0 Å². The third-order valence-corrected chi connectivity index (χ3v) is 3.87. The minimum atomic E-state index is -0.263. The fourth-order valence-corrected chi connectivity index (χ4v) is 2.61. The molecule has 0 saturated carbocycles. The van der Waals surface area contributed by atoms with Gasteiger partial charge in [-0.1, -0.05) is 6.07 Å². The minimum Gasteiger partial charge on any atom is -0.367 e. The Kier molecular flexibility index (Phi) is 5.04. The van der Waals surface area contributed by atoms with Gasteiger partial charge < -0.3 is 10.2 Å². The Labute approximate surface area is 146 Å². The predicted molar refractivity (Wildman–Crippen MR) is 97.7 cm³/mol. The fraction of sp³-hybridized carbons (Fsp3) is 0.333. The summed E-state index contributed by atoms with van der Waals surface area (Å²) in [5.41, 5.74) is 1.71. The lowest BCUT2D eigenvalue weighted by molar-refractivity contribution is -0.121. The molecule has 3 rings (SSSR count). The van der Waals surface area contributed by atoms with Crippen LogP contribution in [0.4, 0.5) is 11.5 Å². The largest absolute Gasteiger partial charge is 0.367 e. The van der Waals surface area contributed by atoms with Crippen LogP contribution in [0.1, 0.15) is 12.8 Å². The number of carbonyl (C=O) groups is 2. The van der Waals surface area contributed by atoms with E-state index in [9.17, 15) is 9.59 Å². The monoisotopic (exact) mass is 339 g/mol. The van der Waals surface area contributed by atoms with E-state index in [-0.39, 0.29) is 23.7 Å². The summed E-state index contributed by atoms with van der Waals surface area (Å²) in [5.74, 6) is 0.183. The molecule has 2 aromatic heterocycles. The number of ketones is 2. The van der Waals surface area contributed by atoms with Crippen LogP contribution in [0.2, 0.25) is 0 Å². The summed E-state index contributed by atoms with van der Waals surface area (Å²) in [4.78, 5) is 30.0. The highest BCUT2D eigenvalue weighted by atomic mass is 16.1. The molecule has 1 aliphatic carbocycles. The number of carbonyl (C=O) groups excluding carboxylic acids is 2. The van der Waals surface area contributed by atoms with Gasteiger partial charge in [-0.05, 0) is 51.3 Å². The molecule has 0 aliphatic heterocycles. The minimum absolute atomic E-state index is 0.125. The molecule has 2 heterocycles. The number of hydrogen-bond donors (Lipinski definition) is 1. The molecule has 0 spiro atoms. The molecule has 0 amide bonds. The molecule has 7 heteroatoms. The summed E-state index contributed by atoms with van der Waals surface area (Å²) in [6.45, 7) is 1.72. The SMILES string of the molecule is CN(C)CCCNc1nn2ccccc2c1N=C1C=CC(=O)CC1=O. The average Bonchev–Trinajstić information content (AvgIpc) is 2.92. The molecule has 0 bridgehead atoms. The van der Waals surface area contributed by atoms with E-state index >= 15 is 0 Å². The predicted octanol–water partition coefficient (Wildman–Crippen LogP) is 1.87. The van der Waals surface area contributed by atoms with E-state index in [2.05, 4.69) is 20.3 Å². The number of Topliss-reactive ketones (excluding diaryl/α,β-unsaturated/α-hetero) is 1. The Bertz CT molecular complexity index is 863. The zero-order chi connectivity index (χ0) is 17.8. The number of pyridine rings is 1. The molecule has 0 unspecified atom stereocenters. The lowest BCUT2D eigenvalue weighted by Gasteiger charge is -2.10. The van der Waals surface area contributed by atoms with Crippen LogP contribution < -0.4 is 5.32 Å². The molecule has 7 nitrogen and oxygen atoms in total. The highest BCUT2D eigenvalue weighted by molar-refractivity contribution is 6.50. The number of nitrogens with one attached hydrogen (secondary N) is 1. The van der Waals surface area contributed by atoms with Gasteiger partial charge in [0.05, 0.1) is 11.9 Å². The quantitative estimate of drug-likeness (QED) is 0.642. The lowest BCUT2D eigenvalue weighted by atomic mass is 10.0. The van der Waals surface area contributed by atoms with Crippen LogP contribution in [-0.4, -0.2) is 59.0 Å². The van der Waals surface area contributed by atoms with Crippen molar-refractivity contribution in [3.05, 3.63) is 36.5 Å². The number of aliphatic imine (C=N–C) groups is 1. The Morgan fingerprint density at radius 3 is 2.88 bits per heavy atom. The molecule has 25 heavy (non-hydrogen) atoms. The molecule has 0 saturated heterocycles. The molecule has 130 valence electrons. The average molecular weight is 339 g/mol. The van der Waals surface area contributed by atoms with Gasteiger partial charge in [-0.2, -0.15) is 0 Å². The van der Waals surface area contributed by atoms with Gasteiger partial charge in [0.2, 0.25) is 0 Å². The van der Waals surface area contributed by atoms with Gasteiger partial charge in [-0.15, -0.1) is 5.10 Å². The molecule has 1 N–H and O–H groups in total. The van der Waals surface area contributed by atoms with Gasteiger partial charge in [-0.3, -0.25) is 9.59 Å². The second kappa shape index (κ2) is 7.40. The molecule has 1 aliphatic rings. The van der Waals surface area contributed by atoms with Gasteiger partial charge >= 0.3 is 0 Å². The highest BCUT2D eigenvalue weighted by Gasteiger charge is 2.20. The van der Waals surface area contributed by atoms with Crippen LogP contribution in [0, 0.1) is 0 Å². The second-order valence-electron chi connectivity index (χ2n) is 6.21. The molecular weight excluding hydrogens is 318 g/mol. The van der Waals surface area contributed by atoms with E-state index < -0.39 is 0 Å². The summed E-state index contributed by atoms with van der Waals surface area (Å²) in [5, 5.41) is 7.82. The topological polar surface area (TPSA) is 79.1 Å². The Morgan fingerprint density at radius 2 is 2.12 bits per heavy atom. The van der Waals surface area contributed by atoms with Gasteiger partial charge in [0, 0.05) is 12.7 Å². The summed E-state index contributed by atoms with van der Waals surface area (Å²) in [7, 11) is 4.06. The maximum atomic E-state index is 12.1. The zero-order valence-electron chi connectivity index (χ0n) is 14.4. The van der Waals surface area contributed by atoms with Crippen LogP contribution in [0.25, 0.3) is 5.52 Å². The van der Waals surface area contributed by atoms with E-state index in [1.54, 1.807) is 4.52 Å². The fourth-order valence-electron chi connectivity index (χ4n) is 2.61. The van der Waals surface area contributed by atoms with Gasteiger partial charge in [0.1, 0.15) is 11.4 Å². The number of anilines is 1. The molecule has 2 aromatic rings. The van der Waals surface area contributed by atoms with Crippen molar-refractivity contribution in [1.29, 1.82) is 0 Å². The maximum absolute atomic E-state index is 12.1. The van der Waals surface area contributed by atoms with Gasteiger partial charge in [0.15, 0.2) is 17.4 Å². The number of aromatic nitrogens is 2. The van der Waals surface area contributed by atoms with E-state index in [1.165, 1.54) is 12.2 Å². The van der Waals surface area contributed by atoms with Crippen LogP contribution in [0.5, 0.6) is 0 Å². The van der Waals surface area contributed by atoms with Gasteiger partial charge in [0.25, 0.3) is 0 Å². The maximum Gasteiger partial charge on any atom is 0.188 e. The standard InChI is InChI=1S/C18H21N5O2/c1-22(2)10-5-9-19-18-17(15-6-3-4-11-23(15)21-18)20-14-8-7-13(24)12-16(14)25/h3-4,6-8,11H,5,9-10,12H2,1-2H3,(H,19,21). The lowest BCUT2D eigenvalue weighted by Crippen LogP contribution is -2.20. The first-order valence-electron chi connectivity index (χ1n) is 8.23. The third kappa shape index (κ3) is 4.00. The second-order valence-corrected chi connectivity index (χ2v) is 6.21. The number of nitrogens with zero attached hydrogens (tertiary/aromatic N) is 4. The zero-order valence-corrected chi connectivity index (χ0v) is 14.4. The smallest absolute Gasteiger partial charge is 0.188 e. The first kappa shape index (κ1) is 17.0. The number of fused-ring (bicyclic) bond motifs is 1. The first-order valence-corrected chi connectivity index (χ1v) is 8.23. The highest BCUT2D eigenvalue weighted by Crippen LogP contribution is 2.30. The number of rotatable bonds is 6. The summed E-state index contributed by atoms with van der Waals surface area (Å²) in [6, 6.07) is 5.69. The van der Waals surface area contributed by atoms with Crippen LogP contribution in [0.3, 0.4) is 0 Å². The van der Waals surface area contributed by atoms with Crippen molar-refractivity contribution in [2.75, 3.05) is 32.5 Å². The molecule has 0 fully saturated rings. The Morgan fingerprint density at radius 1 is 1.28 bits per heavy atom. The summed E-state index contributed by atoms with van der Waals surface area (Å²) >= 11 is 0. The van der Waals surface area contributed by atoms with E-state index in [0.29, 0.717) is 11.5 Å². The first-order chi connectivity index (χ1) is 12.0. The number of hydrogen-bond acceptors (Lipinski definition) is 6. The molecule has 0 radical (unpaired) electrons. The van der Waals surface area contributed by atoms with Crippen molar-refractivity contribution in [2.24, 2.45) is 4.99 Å². The molecule has 0 aromatic carbocycles. The van der Waals surface area contributed by atoms with Crippen molar-refractivity contribution >= 4 is 34.3 Å².